The third-order valence-corrected chi connectivity index (χ3v) is 1.87. The number of anilines is 1. The highest BCUT2D eigenvalue weighted by Gasteiger charge is 2.07. The van der Waals surface area contributed by atoms with Crippen LogP contribution in [-0.2, 0) is 7.05 Å². The van der Waals surface area contributed by atoms with Gasteiger partial charge < -0.3 is 4.57 Å². The summed E-state index contributed by atoms with van der Waals surface area (Å²) in [6.07, 6.45) is 1.70. The molecule has 0 spiro atoms. The molecule has 2 rings (SSSR count). The lowest BCUT2D eigenvalue weighted by molar-refractivity contribution is 0.937. The molecule has 0 saturated carbocycles. The smallest absolute Gasteiger partial charge is 0.239 e. The van der Waals surface area contributed by atoms with E-state index in [2.05, 4.69) is 20.4 Å². The summed E-state index contributed by atoms with van der Waals surface area (Å²) in [5.74, 6) is 5.60. The first-order chi connectivity index (χ1) is 6.22. The van der Waals surface area contributed by atoms with E-state index in [0.717, 1.165) is 11.2 Å². The molecule has 0 fully saturated rings. The quantitative estimate of drug-likeness (QED) is 0.473. The van der Waals surface area contributed by atoms with Crippen molar-refractivity contribution >= 4 is 17.1 Å². The maximum absolute atomic E-state index is 5.21. The minimum atomic E-state index is 0.392. The molecule has 2 aromatic rings. The van der Waals surface area contributed by atoms with Gasteiger partial charge in [0, 0.05) is 7.05 Å². The molecule has 0 aliphatic rings. The summed E-state index contributed by atoms with van der Waals surface area (Å²) < 4.78 is 1.88. The van der Waals surface area contributed by atoms with Crippen LogP contribution < -0.4 is 11.3 Å². The Hall–Kier alpha value is -1.69. The number of fused-ring (bicyclic) bond motifs is 1. The minimum Gasteiger partial charge on any atom is -0.331 e. The lowest BCUT2D eigenvalue weighted by Crippen LogP contribution is -2.11. The average Bonchev–Trinajstić information content (AvgIpc) is 2.48. The van der Waals surface area contributed by atoms with Gasteiger partial charge in [-0.1, -0.05) is 0 Å². The van der Waals surface area contributed by atoms with E-state index < -0.39 is 0 Å². The highest BCUT2D eigenvalue weighted by atomic mass is 15.3. The highest BCUT2D eigenvalue weighted by Crippen LogP contribution is 2.13. The van der Waals surface area contributed by atoms with Gasteiger partial charge in [0.05, 0.1) is 12.0 Å². The first-order valence-electron chi connectivity index (χ1n) is 3.84. The molecule has 0 aliphatic heterocycles. The molecule has 0 aliphatic carbocycles. The van der Waals surface area contributed by atoms with Gasteiger partial charge in [-0.3, -0.25) is 5.43 Å². The third-order valence-electron chi connectivity index (χ3n) is 1.87. The van der Waals surface area contributed by atoms with Gasteiger partial charge in [0.15, 0.2) is 5.65 Å². The number of hydrogen-bond donors (Lipinski definition) is 2. The van der Waals surface area contributed by atoms with Crippen molar-refractivity contribution in [2.45, 2.75) is 6.92 Å². The number of hydrazine groups is 1. The highest BCUT2D eigenvalue weighted by molar-refractivity contribution is 5.74. The first kappa shape index (κ1) is 7.93. The zero-order chi connectivity index (χ0) is 9.42. The van der Waals surface area contributed by atoms with Gasteiger partial charge in [0.25, 0.3) is 0 Å². The van der Waals surface area contributed by atoms with Gasteiger partial charge in [0.1, 0.15) is 5.52 Å². The average molecular weight is 178 g/mol. The maximum atomic E-state index is 5.21. The Bertz CT molecular complexity index is 445. The Kier molecular flexibility index (Phi) is 1.63. The van der Waals surface area contributed by atoms with Crippen LogP contribution in [0.1, 0.15) is 5.69 Å². The number of imidazole rings is 1. The van der Waals surface area contributed by atoms with Gasteiger partial charge in [-0.15, -0.1) is 0 Å². The lowest BCUT2D eigenvalue weighted by atomic mass is 10.4. The van der Waals surface area contributed by atoms with Crippen molar-refractivity contribution in [1.29, 1.82) is 0 Å². The number of nitrogens with zero attached hydrogens (tertiary/aromatic N) is 4. The van der Waals surface area contributed by atoms with Crippen molar-refractivity contribution in [2.24, 2.45) is 12.9 Å². The van der Waals surface area contributed by atoms with Crippen LogP contribution in [0.4, 0.5) is 5.95 Å². The fraction of sp³-hybridized carbons (Fsp3) is 0.286. The van der Waals surface area contributed by atoms with E-state index >= 15 is 0 Å². The van der Waals surface area contributed by atoms with E-state index in [1.807, 2.05) is 18.5 Å². The molecular weight excluding hydrogens is 168 g/mol. The molecule has 3 N–H and O–H groups in total. The standard InChI is InChI=1S/C7H10N6/c1-4-5-6(9-3-13(5)2)11-7(10-4)12-8/h3H,8H2,1-2H3,(H,10,11,12). The number of hydrogen-bond acceptors (Lipinski definition) is 5. The predicted octanol–water partition coefficient (Wildman–Crippen LogP) is -0.0427. The van der Waals surface area contributed by atoms with Crippen molar-refractivity contribution in [2.75, 3.05) is 5.43 Å². The Labute approximate surface area is 74.8 Å². The topological polar surface area (TPSA) is 81.7 Å². The number of aryl methyl sites for hydroxylation is 2. The second-order valence-corrected chi connectivity index (χ2v) is 2.80. The molecule has 0 saturated heterocycles. The van der Waals surface area contributed by atoms with E-state index in [1.165, 1.54) is 0 Å². The Morgan fingerprint density at radius 3 is 2.92 bits per heavy atom. The normalized spacial score (nSPS) is 10.7. The summed E-state index contributed by atoms with van der Waals surface area (Å²) in [6.45, 7) is 1.90. The Balaban J connectivity index is 2.79. The fourth-order valence-corrected chi connectivity index (χ4v) is 1.32. The lowest BCUT2D eigenvalue weighted by Gasteiger charge is -2.01. The van der Waals surface area contributed by atoms with Crippen LogP contribution in [0.15, 0.2) is 6.33 Å². The Morgan fingerprint density at radius 1 is 1.46 bits per heavy atom. The summed E-state index contributed by atoms with van der Waals surface area (Å²) in [5.41, 5.74) is 4.84. The second-order valence-electron chi connectivity index (χ2n) is 2.80. The van der Waals surface area contributed by atoms with E-state index in [0.29, 0.717) is 11.6 Å². The van der Waals surface area contributed by atoms with Gasteiger partial charge in [0.2, 0.25) is 5.95 Å². The van der Waals surface area contributed by atoms with Crippen molar-refractivity contribution < 1.29 is 0 Å². The van der Waals surface area contributed by atoms with Crippen molar-refractivity contribution in [3.63, 3.8) is 0 Å². The summed E-state index contributed by atoms with van der Waals surface area (Å²) in [5, 5.41) is 0. The largest absolute Gasteiger partial charge is 0.331 e. The number of aromatic nitrogens is 4. The Morgan fingerprint density at radius 2 is 2.23 bits per heavy atom. The van der Waals surface area contributed by atoms with Gasteiger partial charge in [-0.25, -0.2) is 15.8 Å². The molecule has 2 aromatic heterocycles. The fourth-order valence-electron chi connectivity index (χ4n) is 1.32. The molecule has 13 heavy (non-hydrogen) atoms. The van der Waals surface area contributed by atoms with Crippen molar-refractivity contribution in [3.05, 3.63) is 12.0 Å². The van der Waals surface area contributed by atoms with Crippen LogP contribution in [0.25, 0.3) is 11.2 Å². The van der Waals surface area contributed by atoms with Crippen LogP contribution in [-0.4, -0.2) is 19.5 Å². The van der Waals surface area contributed by atoms with E-state index in [4.69, 9.17) is 5.84 Å². The molecular formula is C7H10N6. The zero-order valence-corrected chi connectivity index (χ0v) is 7.44. The molecule has 0 atom stereocenters. The van der Waals surface area contributed by atoms with Gasteiger partial charge in [-0.05, 0) is 6.92 Å². The van der Waals surface area contributed by atoms with Crippen LogP contribution >= 0.6 is 0 Å². The maximum Gasteiger partial charge on any atom is 0.239 e. The predicted molar refractivity (Wildman–Crippen MR) is 48.9 cm³/mol. The number of nitrogen functional groups attached to an aromatic ring is 1. The molecule has 68 valence electrons. The van der Waals surface area contributed by atoms with Gasteiger partial charge in [-0.2, -0.15) is 4.98 Å². The van der Waals surface area contributed by atoms with Crippen molar-refractivity contribution in [1.82, 2.24) is 19.5 Å². The second kappa shape index (κ2) is 2.67. The monoisotopic (exact) mass is 178 g/mol. The van der Waals surface area contributed by atoms with Crippen LogP contribution in [0, 0.1) is 6.92 Å². The van der Waals surface area contributed by atoms with Crippen LogP contribution in [0.2, 0.25) is 0 Å². The van der Waals surface area contributed by atoms with Crippen LogP contribution in [0.3, 0.4) is 0 Å². The summed E-state index contributed by atoms with van der Waals surface area (Å²) >= 11 is 0. The van der Waals surface area contributed by atoms with E-state index in [9.17, 15) is 0 Å². The van der Waals surface area contributed by atoms with E-state index in [-0.39, 0.29) is 0 Å². The summed E-state index contributed by atoms with van der Waals surface area (Å²) in [7, 11) is 1.90. The number of nitrogens with one attached hydrogen (secondary N) is 1. The first-order valence-corrected chi connectivity index (χ1v) is 3.84. The molecule has 2 heterocycles. The molecule has 0 bridgehead atoms. The SMILES string of the molecule is Cc1nc(NN)nc2ncn(C)c12. The van der Waals surface area contributed by atoms with Crippen molar-refractivity contribution in [3.8, 4) is 0 Å². The molecule has 0 radical (unpaired) electrons. The van der Waals surface area contributed by atoms with Gasteiger partial charge >= 0.3 is 0 Å². The minimum absolute atomic E-state index is 0.392. The van der Waals surface area contributed by atoms with Crippen LogP contribution in [0.5, 0.6) is 0 Å². The molecule has 0 unspecified atom stereocenters. The molecule has 6 heteroatoms. The third kappa shape index (κ3) is 1.11. The summed E-state index contributed by atoms with van der Waals surface area (Å²) in [6, 6.07) is 0. The molecule has 0 aromatic carbocycles. The number of rotatable bonds is 1. The van der Waals surface area contributed by atoms with E-state index in [1.54, 1.807) is 6.33 Å². The summed E-state index contributed by atoms with van der Waals surface area (Å²) in [4.78, 5) is 12.3. The molecule has 6 nitrogen and oxygen atoms in total. The zero-order valence-electron chi connectivity index (χ0n) is 7.44. The molecule has 0 amide bonds. The number of nitrogens with two attached hydrogens (primary N) is 1.